The van der Waals surface area contributed by atoms with E-state index in [-0.39, 0.29) is 11.9 Å². The summed E-state index contributed by atoms with van der Waals surface area (Å²) in [6.45, 7) is 4.81. The van der Waals surface area contributed by atoms with Crippen molar-refractivity contribution in [2.45, 2.75) is 32.7 Å². The van der Waals surface area contributed by atoms with E-state index >= 15 is 0 Å². The summed E-state index contributed by atoms with van der Waals surface area (Å²) in [6, 6.07) is 1.57. The summed E-state index contributed by atoms with van der Waals surface area (Å²) in [5.41, 5.74) is 2.43. The number of aryl methyl sites for hydroxylation is 2. The Kier molecular flexibility index (Phi) is 5.31. The highest BCUT2D eigenvalue weighted by Crippen LogP contribution is 2.26. The number of aromatic nitrogens is 3. The smallest absolute Gasteiger partial charge is 0.146 e. The number of nitrogens with one attached hydrogen (secondary N) is 1. The zero-order valence-corrected chi connectivity index (χ0v) is 13.3. The van der Waals surface area contributed by atoms with Gasteiger partial charge in [0.15, 0.2) is 0 Å². The number of hydrogen-bond acceptors (Lipinski definition) is 3. The second-order valence-electron chi connectivity index (χ2n) is 5.09. The largest absolute Gasteiger partial charge is 0.310 e. The quantitative estimate of drug-likeness (QED) is 0.891. The van der Waals surface area contributed by atoms with E-state index in [1.165, 1.54) is 6.20 Å². The second-order valence-corrected chi connectivity index (χ2v) is 5.44. The fraction of sp³-hybridized carbons (Fsp3) is 0.467. The Morgan fingerprint density at radius 2 is 2.24 bits per heavy atom. The molecule has 0 saturated carbocycles. The van der Waals surface area contributed by atoms with Crippen molar-refractivity contribution in [3.05, 3.63) is 46.3 Å². The van der Waals surface area contributed by atoms with Crippen LogP contribution >= 0.6 is 11.6 Å². The van der Waals surface area contributed by atoms with Crippen LogP contribution in [0.25, 0.3) is 0 Å². The fourth-order valence-electron chi connectivity index (χ4n) is 2.39. The van der Waals surface area contributed by atoms with Gasteiger partial charge < -0.3 is 5.32 Å². The van der Waals surface area contributed by atoms with Gasteiger partial charge in [0.1, 0.15) is 11.0 Å². The Bertz CT molecular complexity index is 612. The molecule has 4 nitrogen and oxygen atoms in total. The van der Waals surface area contributed by atoms with Gasteiger partial charge in [0.25, 0.3) is 0 Å². The molecule has 1 atom stereocenters. The van der Waals surface area contributed by atoms with Crippen LogP contribution in [-0.4, -0.2) is 21.3 Å². The van der Waals surface area contributed by atoms with E-state index in [9.17, 15) is 4.39 Å². The number of halogens is 2. The molecule has 0 aromatic carbocycles. The highest BCUT2D eigenvalue weighted by Gasteiger charge is 2.20. The Hall–Kier alpha value is -1.46. The third-order valence-corrected chi connectivity index (χ3v) is 3.97. The molecule has 2 heterocycles. The van der Waals surface area contributed by atoms with Crippen molar-refractivity contribution in [1.29, 1.82) is 0 Å². The third kappa shape index (κ3) is 3.60. The van der Waals surface area contributed by atoms with Crippen molar-refractivity contribution < 1.29 is 4.39 Å². The Balaban J connectivity index is 2.31. The van der Waals surface area contributed by atoms with Gasteiger partial charge in [-0.25, -0.2) is 4.39 Å². The van der Waals surface area contributed by atoms with E-state index in [2.05, 4.69) is 22.3 Å². The van der Waals surface area contributed by atoms with Crippen LogP contribution in [-0.2, 0) is 13.5 Å². The first-order chi connectivity index (χ1) is 10.0. The topological polar surface area (TPSA) is 42.7 Å². The summed E-state index contributed by atoms with van der Waals surface area (Å²) in [6.07, 6.45) is 4.42. The van der Waals surface area contributed by atoms with Crippen molar-refractivity contribution in [3.63, 3.8) is 0 Å². The minimum atomic E-state index is -0.302. The van der Waals surface area contributed by atoms with E-state index < -0.39 is 0 Å². The van der Waals surface area contributed by atoms with Crippen LogP contribution < -0.4 is 5.32 Å². The molecule has 0 radical (unpaired) electrons. The van der Waals surface area contributed by atoms with Gasteiger partial charge in [0.2, 0.25) is 0 Å². The normalized spacial score (nSPS) is 12.6. The van der Waals surface area contributed by atoms with Gasteiger partial charge in [-0.1, -0.05) is 18.5 Å². The zero-order valence-electron chi connectivity index (χ0n) is 12.5. The van der Waals surface area contributed by atoms with E-state index in [0.29, 0.717) is 17.1 Å². The molecule has 2 aromatic rings. The minimum Gasteiger partial charge on any atom is -0.310 e. The summed E-state index contributed by atoms with van der Waals surface area (Å²) in [4.78, 5) is 3.81. The molecule has 0 aliphatic heterocycles. The van der Waals surface area contributed by atoms with Crippen LogP contribution in [0.15, 0.2) is 18.5 Å². The molecule has 6 heteroatoms. The summed E-state index contributed by atoms with van der Waals surface area (Å²) >= 11 is 6.29. The van der Waals surface area contributed by atoms with Gasteiger partial charge in [0.05, 0.1) is 11.9 Å². The van der Waals surface area contributed by atoms with Crippen molar-refractivity contribution in [1.82, 2.24) is 20.1 Å². The third-order valence-electron chi connectivity index (χ3n) is 3.50. The van der Waals surface area contributed by atoms with Crippen LogP contribution in [0.1, 0.15) is 36.2 Å². The Morgan fingerprint density at radius 1 is 1.48 bits per heavy atom. The average molecular weight is 311 g/mol. The molecule has 0 fully saturated rings. The van der Waals surface area contributed by atoms with E-state index in [1.54, 1.807) is 24.0 Å². The predicted molar refractivity (Wildman–Crippen MR) is 81.9 cm³/mol. The molecular weight excluding hydrogens is 291 g/mol. The van der Waals surface area contributed by atoms with E-state index in [4.69, 9.17) is 11.6 Å². The van der Waals surface area contributed by atoms with Crippen LogP contribution in [0.3, 0.4) is 0 Å². The number of rotatable bonds is 6. The first-order valence-corrected chi connectivity index (χ1v) is 7.43. The first kappa shape index (κ1) is 15.9. The molecule has 0 amide bonds. The molecule has 0 saturated heterocycles. The van der Waals surface area contributed by atoms with Crippen LogP contribution in [0.2, 0.25) is 5.15 Å². The lowest BCUT2D eigenvalue weighted by Crippen LogP contribution is -2.25. The minimum absolute atomic E-state index is 0.145. The Labute approximate surface area is 129 Å². The molecule has 1 N–H and O–H groups in total. The summed E-state index contributed by atoms with van der Waals surface area (Å²) in [7, 11) is 1.81. The monoisotopic (exact) mass is 310 g/mol. The fourth-order valence-corrected chi connectivity index (χ4v) is 2.64. The standard InChI is InChI=1S/C15H20ClFN4/c1-4-6-19-14(11-5-7-18-9-13(11)17)8-12-10(2)20-21(3)15(12)16/h5,7,9,14,19H,4,6,8H2,1-3H3. The molecule has 21 heavy (non-hydrogen) atoms. The molecule has 2 aromatic heterocycles. The highest BCUT2D eigenvalue weighted by molar-refractivity contribution is 6.30. The average Bonchev–Trinajstić information content (AvgIpc) is 2.70. The maximum absolute atomic E-state index is 14.0. The Morgan fingerprint density at radius 3 is 2.81 bits per heavy atom. The molecule has 0 aliphatic rings. The van der Waals surface area contributed by atoms with Crippen molar-refractivity contribution in [2.75, 3.05) is 6.54 Å². The SMILES string of the molecule is CCCNC(Cc1c(C)nn(C)c1Cl)c1ccncc1F. The lowest BCUT2D eigenvalue weighted by molar-refractivity contribution is 0.494. The predicted octanol–water partition coefficient (Wildman–Crippen LogP) is 3.20. The van der Waals surface area contributed by atoms with Crippen LogP contribution in [0, 0.1) is 12.7 Å². The van der Waals surface area contributed by atoms with Gasteiger partial charge in [-0.15, -0.1) is 0 Å². The van der Waals surface area contributed by atoms with Crippen LogP contribution in [0.4, 0.5) is 4.39 Å². The molecule has 114 valence electrons. The van der Waals surface area contributed by atoms with E-state index in [0.717, 1.165) is 24.2 Å². The van der Waals surface area contributed by atoms with Crippen LogP contribution in [0.5, 0.6) is 0 Å². The first-order valence-electron chi connectivity index (χ1n) is 7.05. The number of nitrogens with zero attached hydrogens (tertiary/aromatic N) is 3. The van der Waals surface area contributed by atoms with Gasteiger partial charge in [-0.2, -0.15) is 5.10 Å². The highest BCUT2D eigenvalue weighted by atomic mass is 35.5. The van der Waals surface area contributed by atoms with Crippen molar-refractivity contribution in [2.24, 2.45) is 7.05 Å². The molecule has 0 aliphatic carbocycles. The summed E-state index contributed by atoms with van der Waals surface area (Å²) in [5, 5.41) is 8.29. The maximum atomic E-state index is 14.0. The van der Waals surface area contributed by atoms with Gasteiger partial charge in [0, 0.05) is 30.4 Å². The van der Waals surface area contributed by atoms with Crippen molar-refractivity contribution in [3.8, 4) is 0 Å². The summed E-state index contributed by atoms with van der Waals surface area (Å²) < 4.78 is 15.7. The second kappa shape index (κ2) is 7.00. The van der Waals surface area contributed by atoms with Gasteiger partial charge in [-0.3, -0.25) is 9.67 Å². The lowest BCUT2D eigenvalue weighted by atomic mass is 9.99. The molecule has 0 spiro atoms. The maximum Gasteiger partial charge on any atom is 0.146 e. The van der Waals surface area contributed by atoms with Gasteiger partial charge in [-0.05, 0) is 32.4 Å². The zero-order chi connectivity index (χ0) is 15.4. The molecule has 2 rings (SSSR count). The van der Waals surface area contributed by atoms with Gasteiger partial charge >= 0.3 is 0 Å². The summed E-state index contributed by atoms with van der Waals surface area (Å²) in [5.74, 6) is -0.302. The lowest BCUT2D eigenvalue weighted by Gasteiger charge is -2.19. The van der Waals surface area contributed by atoms with Crippen molar-refractivity contribution >= 4 is 11.6 Å². The molecule has 1 unspecified atom stereocenters. The van der Waals surface area contributed by atoms with E-state index in [1.807, 2.05) is 6.92 Å². The molecular formula is C15H20ClFN4. The molecule has 0 bridgehead atoms. The number of hydrogen-bond donors (Lipinski definition) is 1. The number of pyridine rings is 1.